The molecule has 0 aliphatic rings. The Labute approximate surface area is 141 Å². The average Bonchev–Trinajstić information content (AvgIpc) is 2.61. The molecule has 6 heteroatoms. The van der Waals surface area contributed by atoms with Crippen LogP contribution in [0.5, 0.6) is 11.5 Å². The Morgan fingerprint density at radius 2 is 2.00 bits per heavy atom. The Balaban J connectivity index is 2.10. The molecular formula is C18H19N3O3. The van der Waals surface area contributed by atoms with Gasteiger partial charge in [0.1, 0.15) is 11.7 Å². The van der Waals surface area contributed by atoms with Crippen molar-refractivity contribution in [1.29, 1.82) is 5.26 Å². The van der Waals surface area contributed by atoms with Gasteiger partial charge in [-0.05, 0) is 42.7 Å². The molecule has 0 saturated heterocycles. The molecule has 1 aromatic heterocycles. The number of anilines is 1. The van der Waals surface area contributed by atoms with Crippen LogP contribution in [0.3, 0.4) is 0 Å². The lowest BCUT2D eigenvalue weighted by molar-refractivity contribution is -0.118. The lowest BCUT2D eigenvalue weighted by atomic mass is 9.99. The first-order valence-electron chi connectivity index (χ1n) is 7.41. The number of aryl methyl sites for hydroxylation is 1. The summed E-state index contributed by atoms with van der Waals surface area (Å²) in [5.74, 6) is 0.378. The second-order valence-corrected chi connectivity index (χ2v) is 5.29. The zero-order chi connectivity index (χ0) is 17.5. The van der Waals surface area contributed by atoms with E-state index in [0.717, 1.165) is 11.1 Å². The number of amides is 1. The molecule has 0 spiro atoms. The normalized spacial score (nSPS) is 11.2. The number of nitrogens with one attached hydrogen (secondary N) is 1. The molecule has 2 rings (SSSR count). The first-order chi connectivity index (χ1) is 11.6. The number of methoxy groups -OCH3 is 2. The van der Waals surface area contributed by atoms with Crippen molar-refractivity contribution in [1.82, 2.24) is 4.98 Å². The highest BCUT2D eigenvalue weighted by molar-refractivity contribution is 5.93. The minimum atomic E-state index is -0.828. The van der Waals surface area contributed by atoms with E-state index >= 15 is 0 Å². The van der Waals surface area contributed by atoms with E-state index in [1.807, 2.05) is 25.1 Å². The molecule has 1 heterocycles. The van der Waals surface area contributed by atoms with Crippen LogP contribution in [0.1, 0.15) is 11.1 Å². The number of rotatable bonds is 6. The van der Waals surface area contributed by atoms with Crippen LogP contribution in [-0.2, 0) is 11.2 Å². The highest BCUT2D eigenvalue weighted by Gasteiger charge is 2.20. The van der Waals surface area contributed by atoms with Crippen LogP contribution in [0.25, 0.3) is 0 Å². The quantitative estimate of drug-likeness (QED) is 0.883. The number of carbonyl (C=O) groups is 1. The second kappa shape index (κ2) is 7.97. The Hall–Kier alpha value is -3.07. The number of carbonyl (C=O) groups excluding carboxylic acids is 1. The minimum Gasteiger partial charge on any atom is -0.493 e. The van der Waals surface area contributed by atoms with Crippen LogP contribution < -0.4 is 14.8 Å². The zero-order valence-electron chi connectivity index (χ0n) is 13.9. The van der Waals surface area contributed by atoms with Gasteiger partial charge in [0.15, 0.2) is 11.5 Å². The molecular weight excluding hydrogens is 306 g/mol. The summed E-state index contributed by atoms with van der Waals surface area (Å²) in [6.45, 7) is 1.91. The van der Waals surface area contributed by atoms with Crippen molar-refractivity contribution in [2.45, 2.75) is 13.3 Å². The molecule has 2 aromatic rings. The van der Waals surface area contributed by atoms with Crippen molar-refractivity contribution >= 4 is 11.7 Å². The summed E-state index contributed by atoms with van der Waals surface area (Å²) in [5.41, 5.74) is 1.81. The zero-order valence-corrected chi connectivity index (χ0v) is 13.9. The molecule has 1 aromatic carbocycles. The molecule has 6 nitrogen and oxygen atoms in total. The highest BCUT2D eigenvalue weighted by atomic mass is 16.5. The van der Waals surface area contributed by atoms with E-state index in [1.54, 1.807) is 38.6 Å². The van der Waals surface area contributed by atoms with E-state index in [-0.39, 0.29) is 12.3 Å². The Morgan fingerprint density at radius 1 is 1.25 bits per heavy atom. The molecule has 24 heavy (non-hydrogen) atoms. The summed E-state index contributed by atoms with van der Waals surface area (Å²) in [5, 5.41) is 12.0. The van der Waals surface area contributed by atoms with Gasteiger partial charge in [-0.2, -0.15) is 5.26 Å². The number of nitrogens with zero attached hydrogens (tertiary/aromatic N) is 2. The monoisotopic (exact) mass is 325 g/mol. The van der Waals surface area contributed by atoms with Gasteiger partial charge in [-0.25, -0.2) is 4.98 Å². The molecule has 1 N–H and O–H groups in total. The van der Waals surface area contributed by atoms with Gasteiger partial charge in [0.25, 0.3) is 0 Å². The molecule has 1 atom stereocenters. The lowest BCUT2D eigenvalue weighted by Crippen LogP contribution is -2.24. The van der Waals surface area contributed by atoms with Gasteiger partial charge in [-0.15, -0.1) is 0 Å². The second-order valence-electron chi connectivity index (χ2n) is 5.29. The predicted molar refractivity (Wildman–Crippen MR) is 90.0 cm³/mol. The van der Waals surface area contributed by atoms with Crippen molar-refractivity contribution in [3.63, 3.8) is 0 Å². The summed E-state index contributed by atoms with van der Waals surface area (Å²) in [6, 6.07) is 10.9. The number of benzene rings is 1. The number of hydrogen-bond donors (Lipinski definition) is 1. The van der Waals surface area contributed by atoms with Gasteiger partial charge in [0, 0.05) is 6.20 Å². The minimum absolute atomic E-state index is 0.272. The maximum atomic E-state index is 12.3. The lowest BCUT2D eigenvalue weighted by Gasteiger charge is -2.12. The smallest absolute Gasteiger partial charge is 0.243 e. The van der Waals surface area contributed by atoms with Gasteiger partial charge >= 0.3 is 0 Å². The SMILES string of the molecule is COc1ccc(C[C@@H](C#N)C(=O)Nc2ccc(C)cn2)cc1OC. The van der Waals surface area contributed by atoms with Crippen molar-refractivity contribution in [3.05, 3.63) is 47.7 Å². The average molecular weight is 325 g/mol. The van der Waals surface area contributed by atoms with Crippen molar-refractivity contribution in [2.24, 2.45) is 5.92 Å². The molecule has 0 bridgehead atoms. The predicted octanol–water partition coefficient (Wildman–Crippen LogP) is 2.73. The van der Waals surface area contributed by atoms with Crippen LogP contribution in [0.2, 0.25) is 0 Å². The molecule has 1 amide bonds. The van der Waals surface area contributed by atoms with Gasteiger partial charge in [-0.1, -0.05) is 12.1 Å². The van der Waals surface area contributed by atoms with E-state index in [4.69, 9.17) is 9.47 Å². The molecule has 0 aliphatic heterocycles. The van der Waals surface area contributed by atoms with E-state index in [0.29, 0.717) is 17.3 Å². The van der Waals surface area contributed by atoms with Crippen molar-refractivity contribution in [2.75, 3.05) is 19.5 Å². The number of nitriles is 1. The Bertz CT molecular complexity index is 751. The van der Waals surface area contributed by atoms with Gasteiger partial charge in [0.05, 0.1) is 20.3 Å². The molecule has 0 radical (unpaired) electrons. The molecule has 0 aliphatic carbocycles. The summed E-state index contributed by atoms with van der Waals surface area (Å²) >= 11 is 0. The number of hydrogen-bond acceptors (Lipinski definition) is 5. The fourth-order valence-electron chi connectivity index (χ4n) is 2.20. The molecule has 124 valence electrons. The summed E-state index contributed by atoms with van der Waals surface area (Å²) in [7, 11) is 3.09. The molecule has 0 unspecified atom stereocenters. The maximum Gasteiger partial charge on any atom is 0.243 e. The van der Waals surface area contributed by atoms with E-state index in [9.17, 15) is 10.1 Å². The maximum absolute atomic E-state index is 12.3. The van der Waals surface area contributed by atoms with Crippen molar-refractivity contribution in [3.8, 4) is 17.6 Å². The summed E-state index contributed by atoms with van der Waals surface area (Å²) in [6.07, 6.45) is 1.93. The fraction of sp³-hybridized carbons (Fsp3) is 0.278. The van der Waals surface area contributed by atoms with Crippen LogP contribution in [-0.4, -0.2) is 25.1 Å². The number of pyridine rings is 1. The van der Waals surface area contributed by atoms with Crippen LogP contribution in [0.4, 0.5) is 5.82 Å². The number of ether oxygens (including phenoxy) is 2. The van der Waals surface area contributed by atoms with E-state index in [1.165, 1.54) is 0 Å². The number of aromatic nitrogens is 1. The van der Waals surface area contributed by atoms with Crippen molar-refractivity contribution < 1.29 is 14.3 Å². The van der Waals surface area contributed by atoms with Gasteiger partial charge in [0.2, 0.25) is 5.91 Å². The third kappa shape index (κ3) is 4.23. The summed E-state index contributed by atoms with van der Waals surface area (Å²) in [4.78, 5) is 16.4. The first kappa shape index (κ1) is 17.3. The van der Waals surface area contributed by atoms with Crippen LogP contribution in [0, 0.1) is 24.2 Å². The van der Waals surface area contributed by atoms with Crippen LogP contribution >= 0.6 is 0 Å². The molecule has 0 fully saturated rings. The summed E-state index contributed by atoms with van der Waals surface area (Å²) < 4.78 is 10.4. The Kier molecular flexibility index (Phi) is 5.74. The van der Waals surface area contributed by atoms with E-state index in [2.05, 4.69) is 10.3 Å². The fourth-order valence-corrected chi connectivity index (χ4v) is 2.20. The topological polar surface area (TPSA) is 84.2 Å². The molecule has 0 saturated carbocycles. The first-order valence-corrected chi connectivity index (χ1v) is 7.41. The van der Waals surface area contributed by atoms with Crippen LogP contribution in [0.15, 0.2) is 36.5 Å². The standard InChI is InChI=1S/C18H19N3O3/c1-12-4-7-17(20-11-12)21-18(22)14(10-19)8-13-5-6-15(23-2)16(9-13)24-3/h4-7,9,11,14H,8H2,1-3H3,(H,20,21,22)/t14-/m0/s1. The largest absolute Gasteiger partial charge is 0.493 e. The van der Waals surface area contributed by atoms with Gasteiger partial charge in [-0.3, -0.25) is 4.79 Å². The highest BCUT2D eigenvalue weighted by Crippen LogP contribution is 2.28. The Morgan fingerprint density at radius 3 is 2.58 bits per heavy atom. The van der Waals surface area contributed by atoms with Gasteiger partial charge < -0.3 is 14.8 Å². The third-order valence-electron chi connectivity index (χ3n) is 3.52. The van der Waals surface area contributed by atoms with E-state index < -0.39 is 5.92 Å². The third-order valence-corrected chi connectivity index (χ3v) is 3.52.